The molecule has 0 aromatic heterocycles. The van der Waals surface area contributed by atoms with Crippen LogP contribution in [0.3, 0.4) is 0 Å². The quantitative estimate of drug-likeness (QED) is 0.587. The summed E-state index contributed by atoms with van der Waals surface area (Å²) in [6.07, 6.45) is 0. The third-order valence-corrected chi connectivity index (χ3v) is 14.7. The van der Waals surface area contributed by atoms with Crippen LogP contribution < -0.4 is 21.8 Å². The van der Waals surface area contributed by atoms with Crippen LogP contribution in [0.1, 0.15) is 0 Å². The Kier molecular flexibility index (Phi) is 5.65. The second-order valence-corrected chi connectivity index (χ2v) is 19.9. The molecule has 0 radical (unpaired) electrons. The molecule has 2 rings (SSSR count). The molecule has 0 saturated carbocycles. The Hall–Kier alpha value is -1.39. The molecule has 0 aliphatic rings. The smallest absolute Gasteiger partial charge is 0.348 e. The molecule has 2 aromatic rings. The molecule has 0 heterocycles. The van der Waals surface area contributed by atoms with Crippen LogP contribution in [0, 0.1) is 0 Å². The summed E-state index contributed by atoms with van der Waals surface area (Å²) in [4.78, 5) is 0. The van der Waals surface area contributed by atoms with Crippen LogP contribution in [0.5, 0.6) is 0 Å². The van der Waals surface area contributed by atoms with Crippen LogP contribution >= 0.6 is 0 Å². The Balaban J connectivity index is 2.41. The van der Waals surface area contributed by atoms with Gasteiger partial charge in [0.15, 0.2) is 8.32 Å². The van der Waals surface area contributed by atoms with Crippen molar-refractivity contribution in [3.05, 3.63) is 48.5 Å². The van der Waals surface area contributed by atoms with Gasteiger partial charge in [0.2, 0.25) is 8.32 Å². The van der Waals surface area contributed by atoms with E-state index in [1.807, 2.05) is 24.3 Å². The van der Waals surface area contributed by atoms with Crippen LogP contribution in [-0.2, 0) is 8.23 Å². The number of benzene rings is 2. The first-order chi connectivity index (χ1) is 11.4. The highest BCUT2D eigenvalue weighted by Gasteiger charge is 2.44. The van der Waals surface area contributed by atoms with Gasteiger partial charge < -0.3 is 19.7 Å². The van der Waals surface area contributed by atoms with Crippen molar-refractivity contribution in [1.29, 1.82) is 0 Å². The average molecular weight is 391 g/mol. The van der Waals surface area contributed by atoms with Gasteiger partial charge in [0.1, 0.15) is 0 Å². The third-order valence-electron chi connectivity index (χ3n) is 3.99. The summed E-state index contributed by atoms with van der Waals surface area (Å²) >= 11 is 0. The Bertz CT molecular complexity index is 713. The van der Waals surface area contributed by atoms with Crippen molar-refractivity contribution in [3.63, 3.8) is 0 Å². The van der Waals surface area contributed by atoms with E-state index in [-0.39, 0.29) is 0 Å². The molecule has 1 unspecified atom stereocenters. The Morgan fingerprint density at radius 1 is 0.600 bits per heavy atom. The fourth-order valence-corrected chi connectivity index (χ4v) is 15.2. The number of nitrogen functional groups attached to an aromatic ring is 2. The van der Waals surface area contributed by atoms with Gasteiger partial charge in [-0.3, -0.25) is 0 Å². The van der Waals surface area contributed by atoms with Gasteiger partial charge in [0, 0.05) is 11.4 Å². The molecule has 0 fully saturated rings. The molecule has 2 aromatic carbocycles. The minimum absolute atomic E-state index is 0.753. The third kappa shape index (κ3) is 5.29. The number of hydrogen-bond donors (Lipinski definition) is 2. The summed E-state index contributed by atoms with van der Waals surface area (Å²) in [5.41, 5.74) is 13.2. The average Bonchev–Trinajstić information content (AvgIpc) is 2.45. The van der Waals surface area contributed by atoms with Crippen molar-refractivity contribution < 1.29 is 8.23 Å². The van der Waals surface area contributed by atoms with Crippen LogP contribution in [0.15, 0.2) is 48.5 Å². The molecular weight excluding hydrogens is 360 g/mol. The SMILES string of the molecule is C[Si](C)(C)O[Si](C)(O[Si](C)(C)c1ccc(N)cc1)c1ccc(N)cc1. The lowest BCUT2D eigenvalue weighted by Gasteiger charge is -2.40. The number of nitrogens with two attached hydrogens (primary N) is 2. The van der Waals surface area contributed by atoms with E-state index in [0.717, 1.165) is 16.6 Å². The van der Waals surface area contributed by atoms with Crippen LogP contribution in [0.25, 0.3) is 0 Å². The summed E-state index contributed by atoms with van der Waals surface area (Å²) in [6, 6.07) is 16.0. The van der Waals surface area contributed by atoms with E-state index in [0.29, 0.717) is 0 Å². The van der Waals surface area contributed by atoms with Crippen molar-refractivity contribution in [2.45, 2.75) is 39.3 Å². The zero-order chi connectivity index (χ0) is 18.9. The number of rotatable bonds is 6. The van der Waals surface area contributed by atoms with Crippen LogP contribution in [-0.4, -0.2) is 25.2 Å². The summed E-state index contributed by atoms with van der Waals surface area (Å²) in [7, 11) is -6.53. The largest absolute Gasteiger partial charge is 0.433 e. The molecule has 0 bridgehead atoms. The lowest BCUT2D eigenvalue weighted by molar-refractivity contribution is 0.407. The van der Waals surface area contributed by atoms with E-state index < -0.39 is 25.2 Å². The lowest BCUT2D eigenvalue weighted by atomic mass is 10.3. The predicted molar refractivity (Wildman–Crippen MR) is 116 cm³/mol. The monoisotopic (exact) mass is 390 g/mol. The second kappa shape index (κ2) is 7.08. The second-order valence-electron chi connectivity index (χ2n) is 8.02. The van der Waals surface area contributed by atoms with Gasteiger partial charge in [0.05, 0.1) is 0 Å². The van der Waals surface area contributed by atoms with E-state index in [2.05, 4.69) is 63.5 Å². The fraction of sp³-hybridized carbons (Fsp3) is 0.333. The summed E-state index contributed by atoms with van der Waals surface area (Å²) in [5.74, 6) is 0. The molecule has 136 valence electrons. The highest BCUT2D eigenvalue weighted by Crippen LogP contribution is 2.21. The van der Waals surface area contributed by atoms with Gasteiger partial charge in [-0.1, -0.05) is 24.3 Å². The highest BCUT2D eigenvalue weighted by atomic mass is 28.5. The first-order valence-electron chi connectivity index (χ1n) is 8.54. The van der Waals surface area contributed by atoms with E-state index in [9.17, 15) is 0 Å². The first-order valence-corrected chi connectivity index (χ1v) is 17.2. The summed E-state index contributed by atoms with van der Waals surface area (Å²) < 4.78 is 13.5. The minimum Gasteiger partial charge on any atom is -0.433 e. The van der Waals surface area contributed by atoms with Gasteiger partial charge >= 0.3 is 8.56 Å². The van der Waals surface area contributed by atoms with E-state index in [4.69, 9.17) is 19.7 Å². The zero-order valence-corrected chi connectivity index (χ0v) is 19.1. The molecule has 0 saturated heterocycles. The molecule has 7 heteroatoms. The van der Waals surface area contributed by atoms with Crippen LogP contribution in [0.2, 0.25) is 39.3 Å². The van der Waals surface area contributed by atoms with Gasteiger partial charge in [-0.2, -0.15) is 0 Å². The maximum absolute atomic E-state index is 6.86. The van der Waals surface area contributed by atoms with Crippen molar-refractivity contribution in [3.8, 4) is 0 Å². The molecule has 0 spiro atoms. The Morgan fingerprint density at radius 3 is 1.40 bits per heavy atom. The fourth-order valence-electron chi connectivity index (χ4n) is 2.94. The van der Waals surface area contributed by atoms with Crippen LogP contribution in [0.4, 0.5) is 11.4 Å². The van der Waals surface area contributed by atoms with E-state index in [1.165, 1.54) is 5.19 Å². The van der Waals surface area contributed by atoms with Crippen molar-refractivity contribution >= 4 is 46.9 Å². The summed E-state index contributed by atoms with van der Waals surface area (Å²) in [6.45, 7) is 13.2. The first kappa shape index (κ1) is 19.9. The van der Waals surface area contributed by atoms with E-state index in [1.54, 1.807) is 0 Å². The molecule has 4 N–H and O–H groups in total. The van der Waals surface area contributed by atoms with Gasteiger partial charge in [0.25, 0.3) is 0 Å². The van der Waals surface area contributed by atoms with E-state index >= 15 is 0 Å². The molecule has 0 aliphatic carbocycles. The zero-order valence-electron chi connectivity index (χ0n) is 16.1. The maximum atomic E-state index is 6.86. The molecule has 25 heavy (non-hydrogen) atoms. The molecule has 1 atom stereocenters. The Labute approximate surface area is 154 Å². The van der Waals surface area contributed by atoms with Gasteiger partial charge in [-0.05, 0) is 73.9 Å². The standard InChI is InChI=1S/C18H30N2O2Si3/c1-23(2,3)21-25(6,18-13-9-16(20)10-14-18)22-24(4,5)17-11-7-15(19)8-12-17/h7-14H,19-20H2,1-6H3. The van der Waals surface area contributed by atoms with Gasteiger partial charge in [-0.25, -0.2) is 0 Å². The van der Waals surface area contributed by atoms with Crippen molar-refractivity contribution in [1.82, 2.24) is 0 Å². The lowest BCUT2D eigenvalue weighted by Crippen LogP contribution is -2.63. The maximum Gasteiger partial charge on any atom is 0.348 e. The molecule has 0 amide bonds. The van der Waals surface area contributed by atoms with Crippen molar-refractivity contribution in [2.75, 3.05) is 11.5 Å². The molecular formula is C18H30N2O2Si3. The number of anilines is 2. The topological polar surface area (TPSA) is 70.5 Å². The normalized spacial score (nSPS) is 15.0. The van der Waals surface area contributed by atoms with Crippen molar-refractivity contribution in [2.24, 2.45) is 0 Å². The summed E-state index contributed by atoms with van der Waals surface area (Å²) in [5, 5.41) is 2.34. The predicted octanol–water partition coefficient (Wildman–Crippen LogP) is 3.11. The highest BCUT2D eigenvalue weighted by molar-refractivity contribution is 6.97. The molecule has 0 aliphatic heterocycles. The number of hydrogen-bond acceptors (Lipinski definition) is 4. The Morgan fingerprint density at radius 2 is 1.00 bits per heavy atom. The minimum atomic E-state index is -2.58. The molecule has 4 nitrogen and oxygen atoms in total. The van der Waals surface area contributed by atoms with Gasteiger partial charge in [-0.15, -0.1) is 0 Å².